The van der Waals surface area contributed by atoms with Crippen LogP contribution >= 0.6 is 11.8 Å². The SMILES string of the molecule is O=C([O-])COCC(=O)Nc1cc(SCCO)cc([N+](=O)[O-])c1. The molecule has 0 saturated heterocycles. The Bertz CT molecular complexity index is 564. The van der Waals surface area contributed by atoms with Crippen molar-refractivity contribution in [2.45, 2.75) is 4.90 Å². The average molecular weight is 329 g/mol. The molecule has 0 unspecified atom stereocenters. The Balaban J connectivity index is 2.75. The van der Waals surface area contributed by atoms with Crippen LogP contribution in [0.15, 0.2) is 23.1 Å². The lowest BCUT2D eigenvalue weighted by Crippen LogP contribution is -2.29. The molecule has 120 valence electrons. The highest BCUT2D eigenvalue weighted by atomic mass is 32.2. The molecule has 0 aliphatic heterocycles. The van der Waals surface area contributed by atoms with Gasteiger partial charge in [-0.05, 0) is 6.07 Å². The molecule has 2 N–H and O–H groups in total. The van der Waals surface area contributed by atoms with Gasteiger partial charge in [0.1, 0.15) is 6.61 Å². The summed E-state index contributed by atoms with van der Waals surface area (Å²) < 4.78 is 4.56. The molecular weight excluding hydrogens is 316 g/mol. The fourth-order valence-corrected chi connectivity index (χ4v) is 2.17. The third-order valence-corrected chi connectivity index (χ3v) is 3.15. The number of nitrogens with one attached hydrogen (secondary N) is 1. The Morgan fingerprint density at radius 2 is 2.05 bits per heavy atom. The van der Waals surface area contributed by atoms with Crippen molar-refractivity contribution in [3.63, 3.8) is 0 Å². The molecule has 1 amide bonds. The molecule has 0 atom stereocenters. The van der Waals surface area contributed by atoms with Crippen LogP contribution in [-0.2, 0) is 14.3 Å². The van der Waals surface area contributed by atoms with Crippen molar-refractivity contribution in [1.82, 2.24) is 0 Å². The maximum Gasteiger partial charge on any atom is 0.272 e. The van der Waals surface area contributed by atoms with Gasteiger partial charge in [0.2, 0.25) is 5.91 Å². The van der Waals surface area contributed by atoms with Crippen molar-refractivity contribution < 1.29 is 29.5 Å². The predicted octanol–water partition coefficient (Wildman–Crippen LogP) is -0.616. The number of benzene rings is 1. The highest BCUT2D eigenvalue weighted by Gasteiger charge is 2.12. The first-order valence-electron chi connectivity index (χ1n) is 6.03. The fourth-order valence-electron chi connectivity index (χ4n) is 1.43. The molecular formula is C12H13N2O7S-. The number of anilines is 1. The fraction of sp³-hybridized carbons (Fsp3) is 0.333. The quantitative estimate of drug-likeness (QED) is 0.347. The minimum absolute atomic E-state index is 0.0912. The van der Waals surface area contributed by atoms with E-state index in [0.29, 0.717) is 10.6 Å². The number of nitrogens with zero attached hydrogens (tertiary/aromatic N) is 1. The Morgan fingerprint density at radius 3 is 2.64 bits per heavy atom. The maximum absolute atomic E-state index is 11.5. The Kier molecular flexibility index (Phi) is 7.29. The molecule has 10 heteroatoms. The zero-order valence-electron chi connectivity index (χ0n) is 11.3. The number of hydrogen-bond donors (Lipinski definition) is 2. The van der Waals surface area contributed by atoms with Crippen LogP contribution in [0, 0.1) is 10.1 Å². The van der Waals surface area contributed by atoms with E-state index in [2.05, 4.69) is 10.1 Å². The van der Waals surface area contributed by atoms with E-state index in [-0.39, 0.29) is 18.0 Å². The zero-order valence-corrected chi connectivity index (χ0v) is 12.1. The van der Waals surface area contributed by atoms with E-state index in [4.69, 9.17) is 5.11 Å². The number of carboxylic acids is 1. The van der Waals surface area contributed by atoms with Crippen LogP contribution in [0.3, 0.4) is 0 Å². The summed E-state index contributed by atoms with van der Waals surface area (Å²) in [6.45, 7) is -1.33. The normalized spacial score (nSPS) is 10.2. The van der Waals surface area contributed by atoms with Gasteiger partial charge in [0, 0.05) is 28.5 Å². The van der Waals surface area contributed by atoms with Gasteiger partial charge in [-0.3, -0.25) is 14.9 Å². The monoisotopic (exact) mass is 329 g/mol. The van der Waals surface area contributed by atoms with Crippen LogP contribution in [0.1, 0.15) is 0 Å². The number of non-ortho nitro benzene ring substituents is 1. The van der Waals surface area contributed by atoms with Crippen molar-refractivity contribution in [2.75, 3.05) is 30.9 Å². The topological polar surface area (TPSA) is 142 Å². The van der Waals surface area contributed by atoms with E-state index < -0.39 is 30.0 Å². The number of thioether (sulfide) groups is 1. The van der Waals surface area contributed by atoms with E-state index in [1.54, 1.807) is 0 Å². The number of carbonyl (C=O) groups excluding carboxylic acids is 2. The number of ether oxygens (including phenoxy) is 1. The van der Waals surface area contributed by atoms with Crippen molar-refractivity contribution >= 4 is 35.0 Å². The lowest BCUT2D eigenvalue weighted by atomic mass is 10.3. The summed E-state index contributed by atoms with van der Waals surface area (Å²) in [5.41, 5.74) is -0.0365. The molecule has 9 nitrogen and oxygen atoms in total. The average Bonchev–Trinajstić information content (AvgIpc) is 2.44. The Labute approximate surface area is 129 Å². The molecule has 1 aromatic carbocycles. The first-order valence-corrected chi connectivity index (χ1v) is 7.01. The number of amides is 1. The van der Waals surface area contributed by atoms with Crippen LogP contribution < -0.4 is 10.4 Å². The number of nitro benzene ring substituents is 1. The molecule has 1 rings (SSSR count). The maximum atomic E-state index is 11.5. The minimum Gasteiger partial charge on any atom is -0.548 e. The van der Waals surface area contributed by atoms with Crippen molar-refractivity contribution in [2.24, 2.45) is 0 Å². The first kappa shape index (κ1) is 17.9. The second kappa shape index (κ2) is 8.97. The number of carbonyl (C=O) groups is 2. The summed E-state index contributed by atoms with van der Waals surface area (Å²) in [4.78, 5) is 32.4. The van der Waals surface area contributed by atoms with Crippen molar-refractivity contribution in [3.05, 3.63) is 28.3 Å². The largest absolute Gasteiger partial charge is 0.548 e. The third-order valence-electron chi connectivity index (χ3n) is 2.20. The van der Waals surface area contributed by atoms with Gasteiger partial charge >= 0.3 is 0 Å². The van der Waals surface area contributed by atoms with E-state index in [9.17, 15) is 24.8 Å². The second-order valence-electron chi connectivity index (χ2n) is 3.96. The minimum atomic E-state index is -1.45. The van der Waals surface area contributed by atoms with E-state index >= 15 is 0 Å². The van der Waals surface area contributed by atoms with Gasteiger partial charge in [-0.2, -0.15) is 0 Å². The summed E-state index contributed by atoms with van der Waals surface area (Å²) in [6.07, 6.45) is 0. The number of rotatable bonds is 9. The van der Waals surface area contributed by atoms with Gasteiger partial charge in [-0.15, -0.1) is 11.8 Å². The highest BCUT2D eigenvalue weighted by molar-refractivity contribution is 7.99. The van der Waals surface area contributed by atoms with E-state index in [1.807, 2.05) is 0 Å². The molecule has 0 fully saturated rings. The number of aliphatic hydroxyl groups is 1. The summed E-state index contributed by atoms with van der Waals surface area (Å²) in [7, 11) is 0. The molecule has 0 aromatic heterocycles. The third kappa shape index (κ3) is 6.52. The van der Waals surface area contributed by atoms with Crippen LogP contribution in [0.25, 0.3) is 0 Å². The summed E-state index contributed by atoms with van der Waals surface area (Å²) in [6, 6.07) is 3.99. The van der Waals surface area contributed by atoms with Gasteiger partial charge in [0.25, 0.3) is 5.69 Å². The molecule has 1 aromatic rings. The number of aliphatic carboxylic acids is 1. The van der Waals surface area contributed by atoms with E-state index in [1.165, 1.54) is 30.0 Å². The van der Waals surface area contributed by atoms with Crippen LogP contribution in [0.4, 0.5) is 11.4 Å². The molecule has 0 aliphatic rings. The Morgan fingerprint density at radius 1 is 1.32 bits per heavy atom. The van der Waals surface area contributed by atoms with E-state index in [0.717, 1.165) is 0 Å². The summed E-state index contributed by atoms with van der Waals surface area (Å²) in [5, 5.41) is 32.1. The number of hydrogen-bond acceptors (Lipinski definition) is 8. The van der Waals surface area contributed by atoms with Crippen molar-refractivity contribution in [1.29, 1.82) is 0 Å². The highest BCUT2D eigenvalue weighted by Crippen LogP contribution is 2.27. The lowest BCUT2D eigenvalue weighted by Gasteiger charge is -2.08. The molecule has 0 heterocycles. The smallest absolute Gasteiger partial charge is 0.272 e. The van der Waals surface area contributed by atoms with Gasteiger partial charge in [-0.1, -0.05) is 0 Å². The zero-order chi connectivity index (χ0) is 16.5. The summed E-state index contributed by atoms with van der Waals surface area (Å²) in [5.74, 6) is -1.76. The number of aliphatic hydroxyl groups excluding tert-OH is 1. The van der Waals surface area contributed by atoms with Gasteiger partial charge in [0.05, 0.1) is 24.1 Å². The van der Waals surface area contributed by atoms with Crippen molar-refractivity contribution in [3.8, 4) is 0 Å². The molecule has 0 spiro atoms. The second-order valence-corrected chi connectivity index (χ2v) is 5.13. The Hall–Kier alpha value is -2.17. The van der Waals surface area contributed by atoms with Gasteiger partial charge < -0.3 is 25.1 Å². The molecule has 0 bridgehead atoms. The van der Waals surface area contributed by atoms with Crippen LogP contribution in [0.2, 0.25) is 0 Å². The molecule has 0 saturated carbocycles. The molecule has 22 heavy (non-hydrogen) atoms. The first-order chi connectivity index (χ1) is 10.4. The lowest BCUT2D eigenvalue weighted by molar-refractivity contribution is -0.385. The number of nitro groups is 1. The molecule has 0 aliphatic carbocycles. The molecule has 0 radical (unpaired) electrons. The van der Waals surface area contributed by atoms with Crippen LogP contribution in [-0.4, -0.2) is 47.5 Å². The van der Waals surface area contributed by atoms with Gasteiger partial charge in [-0.25, -0.2) is 0 Å². The standard InChI is InChI=1S/C12H14N2O7S/c15-1-2-22-10-4-8(3-9(5-10)14(19)20)13-11(16)6-21-7-12(17)18/h3-5,15H,1-2,6-7H2,(H,13,16)(H,17,18)/p-1. The van der Waals surface area contributed by atoms with Gasteiger partial charge in [0.15, 0.2) is 0 Å². The predicted molar refractivity (Wildman–Crippen MR) is 75.4 cm³/mol. The van der Waals surface area contributed by atoms with Crippen LogP contribution in [0.5, 0.6) is 0 Å². The summed E-state index contributed by atoms with van der Waals surface area (Å²) >= 11 is 1.19. The number of carboxylic acid groups (broad SMARTS) is 1.